The Labute approximate surface area is 236 Å². The van der Waals surface area contributed by atoms with Crippen molar-refractivity contribution in [3.63, 3.8) is 0 Å². The first-order valence-electron chi connectivity index (χ1n) is 13.1. The van der Waals surface area contributed by atoms with Crippen LogP contribution >= 0.6 is 11.6 Å². The van der Waals surface area contributed by atoms with Gasteiger partial charge in [0.1, 0.15) is 11.8 Å². The Kier molecular flexibility index (Phi) is 10.2. The highest BCUT2D eigenvalue weighted by molar-refractivity contribution is 7.89. The van der Waals surface area contributed by atoms with Gasteiger partial charge in [-0.15, -0.1) is 0 Å². The molecule has 1 heterocycles. The minimum atomic E-state index is -4.02. The minimum absolute atomic E-state index is 0.0168. The summed E-state index contributed by atoms with van der Waals surface area (Å²) in [7, 11) is -4.02. The van der Waals surface area contributed by atoms with Crippen LogP contribution in [0.1, 0.15) is 18.1 Å². The van der Waals surface area contributed by atoms with Gasteiger partial charge in [0.05, 0.1) is 16.5 Å². The maximum Gasteiger partial charge on any atom is 0.241 e. The molecule has 206 valence electrons. The number of rotatable bonds is 11. The average Bonchev–Trinajstić information content (AvgIpc) is 2.95. The zero-order valence-electron chi connectivity index (χ0n) is 22.0. The number of carbonyl (C=O) groups is 1. The number of carbonyl (C=O) groups excluding carboxylic acids is 1. The maximum atomic E-state index is 13.6. The smallest absolute Gasteiger partial charge is 0.241 e. The second-order valence-electron chi connectivity index (χ2n) is 9.33. The molecule has 4 rings (SSSR count). The molecule has 39 heavy (non-hydrogen) atoms. The van der Waals surface area contributed by atoms with Crippen molar-refractivity contribution in [2.45, 2.75) is 24.3 Å². The highest BCUT2D eigenvalue weighted by Crippen LogP contribution is 2.27. The Morgan fingerprint density at radius 1 is 1.00 bits per heavy atom. The zero-order valence-corrected chi connectivity index (χ0v) is 23.6. The monoisotopic (exact) mass is 567 g/mol. The zero-order chi connectivity index (χ0) is 27.7. The fourth-order valence-electron chi connectivity index (χ4n) is 4.48. The SMILES string of the molecule is CCOc1ccc(S(=O)(=O)NC(Cc2ccccc2)C(=O)N2CCN(C/C=C/c3ccccc3)CC2)cc1Cl. The lowest BCUT2D eigenvalue weighted by molar-refractivity contribution is -0.134. The number of nitrogens with one attached hydrogen (secondary N) is 1. The quantitative estimate of drug-likeness (QED) is 0.369. The Bertz CT molecular complexity index is 1360. The first-order chi connectivity index (χ1) is 18.9. The molecule has 7 nitrogen and oxygen atoms in total. The lowest BCUT2D eigenvalue weighted by Crippen LogP contribution is -2.55. The van der Waals surface area contributed by atoms with Crippen LogP contribution in [0, 0.1) is 0 Å². The molecule has 0 aromatic heterocycles. The summed E-state index contributed by atoms with van der Waals surface area (Å²) < 4.78 is 34.7. The summed E-state index contributed by atoms with van der Waals surface area (Å²) in [5.74, 6) is 0.172. The highest BCUT2D eigenvalue weighted by atomic mass is 35.5. The van der Waals surface area contributed by atoms with Gasteiger partial charge in [-0.25, -0.2) is 8.42 Å². The summed E-state index contributed by atoms with van der Waals surface area (Å²) in [5.41, 5.74) is 2.02. The van der Waals surface area contributed by atoms with Crippen molar-refractivity contribution in [1.82, 2.24) is 14.5 Å². The van der Waals surface area contributed by atoms with E-state index in [0.717, 1.165) is 17.7 Å². The standard InChI is InChI=1S/C30H34ClN3O4S/c1-2-38-29-16-15-26(23-27(29)31)39(36,37)32-28(22-25-12-7-4-8-13-25)30(35)34-20-18-33(19-21-34)17-9-14-24-10-5-3-6-11-24/h3-16,23,28,32H,2,17-22H2,1H3/b14-9+. The number of sulfonamides is 1. The van der Waals surface area contributed by atoms with E-state index in [0.29, 0.717) is 38.5 Å². The predicted molar refractivity (Wildman–Crippen MR) is 155 cm³/mol. The maximum absolute atomic E-state index is 13.6. The summed E-state index contributed by atoms with van der Waals surface area (Å²) in [6.07, 6.45) is 4.46. The third kappa shape index (κ3) is 8.16. The van der Waals surface area contributed by atoms with E-state index in [1.54, 1.807) is 4.90 Å². The first kappa shape index (κ1) is 28.8. The fourth-order valence-corrected chi connectivity index (χ4v) is 5.99. The number of hydrogen-bond donors (Lipinski definition) is 1. The molecule has 0 saturated carbocycles. The molecule has 1 aliphatic heterocycles. The number of benzene rings is 3. The van der Waals surface area contributed by atoms with Gasteiger partial charge in [0.25, 0.3) is 0 Å². The Balaban J connectivity index is 1.43. The number of piperazine rings is 1. The van der Waals surface area contributed by atoms with Gasteiger partial charge in [-0.05, 0) is 42.7 Å². The van der Waals surface area contributed by atoms with E-state index in [-0.39, 0.29) is 22.2 Å². The van der Waals surface area contributed by atoms with Crippen LogP contribution in [0.2, 0.25) is 5.02 Å². The van der Waals surface area contributed by atoms with Crippen molar-refractivity contribution in [2.24, 2.45) is 0 Å². The molecule has 0 aliphatic carbocycles. The van der Waals surface area contributed by atoms with Crippen LogP contribution in [0.15, 0.2) is 89.8 Å². The summed E-state index contributed by atoms with van der Waals surface area (Å²) in [6.45, 7) is 5.50. The molecule has 0 spiro atoms. The lowest BCUT2D eigenvalue weighted by atomic mass is 10.1. The van der Waals surface area contributed by atoms with Crippen LogP contribution in [0.25, 0.3) is 6.08 Å². The topological polar surface area (TPSA) is 78.9 Å². The van der Waals surface area contributed by atoms with Gasteiger partial charge in [-0.1, -0.05) is 84.4 Å². The number of hydrogen-bond acceptors (Lipinski definition) is 5. The van der Waals surface area contributed by atoms with Crippen LogP contribution in [-0.2, 0) is 21.2 Å². The molecule has 3 aromatic rings. The third-order valence-corrected chi connectivity index (χ3v) is 8.31. The predicted octanol–water partition coefficient (Wildman–Crippen LogP) is 4.49. The molecule has 1 aliphatic rings. The molecule has 1 fully saturated rings. The molecule has 1 saturated heterocycles. The van der Waals surface area contributed by atoms with E-state index < -0.39 is 16.1 Å². The Morgan fingerprint density at radius 3 is 2.31 bits per heavy atom. The normalized spacial score (nSPS) is 15.4. The number of ether oxygens (including phenoxy) is 1. The second kappa shape index (κ2) is 13.8. The van der Waals surface area contributed by atoms with Crippen LogP contribution in [0.3, 0.4) is 0 Å². The van der Waals surface area contributed by atoms with E-state index in [1.165, 1.54) is 18.2 Å². The number of amides is 1. The summed E-state index contributed by atoms with van der Waals surface area (Å²) in [5, 5.41) is 0.197. The van der Waals surface area contributed by atoms with Gasteiger partial charge in [-0.2, -0.15) is 4.72 Å². The van der Waals surface area contributed by atoms with Gasteiger partial charge in [0, 0.05) is 32.7 Å². The van der Waals surface area contributed by atoms with E-state index in [2.05, 4.69) is 33.9 Å². The van der Waals surface area contributed by atoms with Crippen molar-refractivity contribution in [1.29, 1.82) is 0 Å². The molecule has 0 bridgehead atoms. The number of nitrogens with zero attached hydrogens (tertiary/aromatic N) is 2. The van der Waals surface area contributed by atoms with E-state index in [1.807, 2.05) is 55.5 Å². The van der Waals surface area contributed by atoms with E-state index >= 15 is 0 Å². The van der Waals surface area contributed by atoms with Gasteiger partial charge in [0.2, 0.25) is 15.9 Å². The molecule has 0 radical (unpaired) electrons. The van der Waals surface area contributed by atoms with Gasteiger partial charge in [0.15, 0.2) is 0 Å². The van der Waals surface area contributed by atoms with Gasteiger partial charge < -0.3 is 9.64 Å². The van der Waals surface area contributed by atoms with Gasteiger partial charge >= 0.3 is 0 Å². The van der Waals surface area contributed by atoms with Crippen molar-refractivity contribution in [3.8, 4) is 5.75 Å². The van der Waals surface area contributed by atoms with Crippen molar-refractivity contribution >= 4 is 33.6 Å². The summed E-state index contributed by atoms with van der Waals surface area (Å²) in [4.78, 5) is 17.7. The molecule has 1 atom stereocenters. The Hall–Kier alpha value is -3.17. The molecular weight excluding hydrogens is 534 g/mol. The fraction of sp³-hybridized carbons (Fsp3) is 0.300. The van der Waals surface area contributed by atoms with E-state index in [9.17, 15) is 13.2 Å². The van der Waals surface area contributed by atoms with Crippen molar-refractivity contribution in [3.05, 3.63) is 101 Å². The van der Waals surface area contributed by atoms with E-state index in [4.69, 9.17) is 16.3 Å². The molecular formula is C30H34ClN3O4S. The molecule has 9 heteroatoms. The molecule has 1 unspecified atom stereocenters. The van der Waals surface area contributed by atoms with Crippen LogP contribution in [-0.4, -0.2) is 69.5 Å². The summed E-state index contributed by atoms with van der Waals surface area (Å²) in [6, 6.07) is 22.9. The lowest BCUT2D eigenvalue weighted by Gasteiger charge is -2.36. The highest BCUT2D eigenvalue weighted by Gasteiger charge is 2.31. The molecule has 3 aromatic carbocycles. The van der Waals surface area contributed by atoms with Crippen molar-refractivity contribution < 1.29 is 17.9 Å². The van der Waals surface area contributed by atoms with Crippen LogP contribution in [0.5, 0.6) is 5.75 Å². The average molecular weight is 568 g/mol. The largest absolute Gasteiger partial charge is 0.492 e. The van der Waals surface area contributed by atoms with Crippen LogP contribution < -0.4 is 9.46 Å². The van der Waals surface area contributed by atoms with Crippen LogP contribution in [0.4, 0.5) is 0 Å². The molecule has 1 N–H and O–H groups in total. The second-order valence-corrected chi connectivity index (χ2v) is 11.4. The Morgan fingerprint density at radius 2 is 1.67 bits per heavy atom. The van der Waals surface area contributed by atoms with Crippen molar-refractivity contribution in [2.75, 3.05) is 39.3 Å². The van der Waals surface area contributed by atoms with Gasteiger partial charge in [-0.3, -0.25) is 9.69 Å². The first-order valence-corrected chi connectivity index (χ1v) is 14.9. The third-order valence-electron chi connectivity index (χ3n) is 6.55. The number of halogens is 1. The molecule has 1 amide bonds. The summed E-state index contributed by atoms with van der Waals surface area (Å²) >= 11 is 6.25. The minimum Gasteiger partial charge on any atom is -0.492 e.